The van der Waals surface area contributed by atoms with Gasteiger partial charge in [-0.05, 0) is 60.0 Å². The standard InChI is InChI=1S/C22H20BrNO/c1-17(20-9-11-21(23)12-10-20)24-15-18-7-13-22(14-8-18)25-16-19-5-3-2-4-6-19/h2-15,17H,16H2,1H3/b24-15-. The number of aliphatic imine (C=N–C) groups is 1. The topological polar surface area (TPSA) is 21.6 Å². The van der Waals surface area contributed by atoms with Crippen molar-refractivity contribution in [2.75, 3.05) is 0 Å². The molecule has 3 aromatic carbocycles. The molecule has 2 nitrogen and oxygen atoms in total. The number of rotatable bonds is 6. The minimum absolute atomic E-state index is 0.127. The third-order valence-corrected chi connectivity index (χ3v) is 4.46. The Hall–Kier alpha value is -2.39. The van der Waals surface area contributed by atoms with Gasteiger partial charge in [0.15, 0.2) is 0 Å². The molecule has 126 valence electrons. The molecule has 0 amide bonds. The van der Waals surface area contributed by atoms with Crippen LogP contribution < -0.4 is 4.74 Å². The van der Waals surface area contributed by atoms with Crippen molar-refractivity contribution in [3.8, 4) is 5.75 Å². The summed E-state index contributed by atoms with van der Waals surface area (Å²) in [5.41, 5.74) is 3.43. The highest BCUT2D eigenvalue weighted by molar-refractivity contribution is 9.10. The molecule has 3 aromatic rings. The second-order valence-corrected chi connectivity index (χ2v) is 6.76. The van der Waals surface area contributed by atoms with E-state index in [0.29, 0.717) is 6.61 Å². The van der Waals surface area contributed by atoms with Gasteiger partial charge in [0.1, 0.15) is 12.4 Å². The summed E-state index contributed by atoms with van der Waals surface area (Å²) in [5.74, 6) is 0.863. The SMILES string of the molecule is CC(/N=C\c1ccc(OCc2ccccc2)cc1)c1ccc(Br)cc1. The minimum atomic E-state index is 0.127. The monoisotopic (exact) mass is 393 g/mol. The highest BCUT2D eigenvalue weighted by Crippen LogP contribution is 2.20. The van der Waals surface area contributed by atoms with Gasteiger partial charge in [0.05, 0.1) is 6.04 Å². The van der Waals surface area contributed by atoms with E-state index in [-0.39, 0.29) is 6.04 Å². The molecule has 0 bridgehead atoms. The van der Waals surface area contributed by atoms with Crippen molar-refractivity contribution in [3.63, 3.8) is 0 Å². The van der Waals surface area contributed by atoms with Gasteiger partial charge in [-0.1, -0.05) is 58.4 Å². The van der Waals surface area contributed by atoms with Crippen molar-refractivity contribution in [1.82, 2.24) is 0 Å². The minimum Gasteiger partial charge on any atom is -0.489 e. The van der Waals surface area contributed by atoms with Gasteiger partial charge in [0, 0.05) is 10.7 Å². The zero-order valence-corrected chi connectivity index (χ0v) is 15.7. The van der Waals surface area contributed by atoms with Gasteiger partial charge in [-0.15, -0.1) is 0 Å². The largest absolute Gasteiger partial charge is 0.489 e. The quantitative estimate of drug-likeness (QED) is 0.456. The van der Waals surface area contributed by atoms with Crippen LogP contribution in [-0.2, 0) is 6.61 Å². The Labute approximate surface area is 157 Å². The lowest BCUT2D eigenvalue weighted by atomic mass is 10.1. The molecule has 0 fully saturated rings. The van der Waals surface area contributed by atoms with Crippen LogP contribution >= 0.6 is 15.9 Å². The van der Waals surface area contributed by atoms with Crippen LogP contribution in [0.3, 0.4) is 0 Å². The number of hydrogen-bond donors (Lipinski definition) is 0. The van der Waals surface area contributed by atoms with Crippen LogP contribution in [0.2, 0.25) is 0 Å². The lowest BCUT2D eigenvalue weighted by Gasteiger charge is -2.07. The van der Waals surface area contributed by atoms with E-state index in [0.717, 1.165) is 21.3 Å². The Kier molecular flexibility index (Phi) is 6.02. The van der Waals surface area contributed by atoms with Crippen molar-refractivity contribution >= 4 is 22.1 Å². The molecule has 0 aliphatic heterocycles. The van der Waals surface area contributed by atoms with Crippen LogP contribution in [-0.4, -0.2) is 6.21 Å². The second kappa shape index (κ2) is 8.63. The summed E-state index contributed by atoms with van der Waals surface area (Å²) in [4.78, 5) is 4.64. The average Bonchev–Trinajstić information content (AvgIpc) is 2.67. The molecule has 0 radical (unpaired) electrons. The van der Waals surface area contributed by atoms with Crippen LogP contribution in [0.5, 0.6) is 5.75 Å². The summed E-state index contributed by atoms with van der Waals surface area (Å²) < 4.78 is 6.89. The van der Waals surface area contributed by atoms with Gasteiger partial charge < -0.3 is 4.74 Å². The predicted octanol–water partition coefficient (Wildman–Crippen LogP) is 6.21. The fraction of sp³-hybridized carbons (Fsp3) is 0.136. The molecular formula is C22H20BrNO. The summed E-state index contributed by atoms with van der Waals surface area (Å²) in [7, 11) is 0. The Morgan fingerprint density at radius 1 is 0.920 bits per heavy atom. The summed E-state index contributed by atoms with van der Waals surface area (Å²) in [6.45, 7) is 2.67. The molecule has 25 heavy (non-hydrogen) atoms. The zero-order chi connectivity index (χ0) is 17.5. The fourth-order valence-electron chi connectivity index (χ4n) is 2.42. The number of ether oxygens (including phenoxy) is 1. The van der Waals surface area contributed by atoms with E-state index in [1.165, 1.54) is 5.56 Å². The lowest BCUT2D eigenvalue weighted by molar-refractivity contribution is 0.306. The molecule has 0 aromatic heterocycles. The molecule has 0 N–H and O–H groups in total. The molecule has 0 saturated carbocycles. The lowest BCUT2D eigenvalue weighted by Crippen LogP contribution is -1.95. The van der Waals surface area contributed by atoms with Crippen LogP contribution in [0, 0.1) is 0 Å². The van der Waals surface area contributed by atoms with Gasteiger partial charge >= 0.3 is 0 Å². The second-order valence-electron chi connectivity index (χ2n) is 5.85. The van der Waals surface area contributed by atoms with Gasteiger partial charge in [-0.25, -0.2) is 0 Å². The Morgan fingerprint density at radius 3 is 2.28 bits per heavy atom. The van der Waals surface area contributed by atoms with E-state index in [2.05, 4.69) is 52.1 Å². The molecule has 0 aliphatic carbocycles. The highest BCUT2D eigenvalue weighted by Gasteiger charge is 2.02. The third-order valence-electron chi connectivity index (χ3n) is 3.93. The van der Waals surface area contributed by atoms with E-state index in [1.807, 2.05) is 60.8 Å². The molecule has 0 spiro atoms. The first-order chi connectivity index (χ1) is 12.2. The molecule has 0 heterocycles. The molecule has 3 heteroatoms. The normalized spacial score (nSPS) is 12.2. The highest BCUT2D eigenvalue weighted by atomic mass is 79.9. The van der Waals surface area contributed by atoms with Crippen LogP contribution in [0.25, 0.3) is 0 Å². The van der Waals surface area contributed by atoms with E-state index >= 15 is 0 Å². The Balaban J connectivity index is 1.57. The predicted molar refractivity (Wildman–Crippen MR) is 107 cm³/mol. The first-order valence-corrected chi connectivity index (χ1v) is 9.05. The zero-order valence-electron chi connectivity index (χ0n) is 14.1. The summed E-state index contributed by atoms with van der Waals surface area (Å²) in [6, 6.07) is 26.6. The summed E-state index contributed by atoms with van der Waals surface area (Å²) in [5, 5.41) is 0. The smallest absolute Gasteiger partial charge is 0.119 e. The number of benzene rings is 3. The summed E-state index contributed by atoms with van der Waals surface area (Å²) in [6.07, 6.45) is 1.91. The first kappa shape index (κ1) is 17.4. The van der Waals surface area contributed by atoms with Crippen molar-refractivity contribution < 1.29 is 4.74 Å². The van der Waals surface area contributed by atoms with Crippen molar-refractivity contribution in [2.24, 2.45) is 4.99 Å². The molecule has 0 saturated heterocycles. The molecule has 1 atom stereocenters. The molecule has 3 rings (SSSR count). The van der Waals surface area contributed by atoms with Crippen molar-refractivity contribution in [2.45, 2.75) is 19.6 Å². The number of hydrogen-bond acceptors (Lipinski definition) is 2. The summed E-state index contributed by atoms with van der Waals surface area (Å²) >= 11 is 3.45. The van der Waals surface area contributed by atoms with E-state index < -0.39 is 0 Å². The Bertz CT molecular complexity index is 811. The van der Waals surface area contributed by atoms with Gasteiger partial charge in [-0.3, -0.25) is 4.99 Å². The number of nitrogens with zero attached hydrogens (tertiary/aromatic N) is 1. The van der Waals surface area contributed by atoms with E-state index in [9.17, 15) is 0 Å². The van der Waals surface area contributed by atoms with Crippen molar-refractivity contribution in [3.05, 3.63) is 100 Å². The molecular weight excluding hydrogens is 374 g/mol. The van der Waals surface area contributed by atoms with Gasteiger partial charge in [0.25, 0.3) is 0 Å². The van der Waals surface area contributed by atoms with Gasteiger partial charge in [0.2, 0.25) is 0 Å². The molecule has 1 unspecified atom stereocenters. The van der Waals surface area contributed by atoms with Crippen LogP contribution in [0.15, 0.2) is 88.3 Å². The Morgan fingerprint density at radius 2 is 1.60 bits per heavy atom. The maximum Gasteiger partial charge on any atom is 0.119 e. The van der Waals surface area contributed by atoms with Crippen LogP contribution in [0.4, 0.5) is 0 Å². The van der Waals surface area contributed by atoms with Crippen LogP contribution in [0.1, 0.15) is 29.7 Å². The fourth-order valence-corrected chi connectivity index (χ4v) is 2.68. The maximum atomic E-state index is 5.80. The third kappa shape index (κ3) is 5.30. The van der Waals surface area contributed by atoms with E-state index in [1.54, 1.807) is 0 Å². The van der Waals surface area contributed by atoms with Crippen molar-refractivity contribution in [1.29, 1.82) is 0 Å². The maximum absolute atomic E-state index is 5.80. The van der Waals surface area contributed by atoms with E-state index in [4.69, 9.17) is 4.74 Å². The first-order valence-electron chi connectivity index (χ1n) is 8.26. The molecule has 0 aliphatic rings. The number of halogens is 1. The van der Waals surface area contributed by atoms with Gasteiger partial charge in [-0.2, -0.15) is 0 Å². The average molecular weight is 394 g/mol.